The zero-order valence-corrected chi connectivity index (χ0v) is 10.2. The molecule has 0 atom stereocenters. The van der Waals surface area contributed by atoms with Gasteiger partial charge in [-0.2, -0.15) is 13.2 Å². The SMILES string of the molecule is CCOC(=O)CNCc1ccc(F)c(C(F)(F)F)c1. The second kappa shape index (κ2) is 6.51. The van der Waals surface area contributed by atoms with Crippen LogP contribution in [0.25, 0.3) is 0 Å². The first-order chi connectivity index (χ1) is 8.84. The highest BCUT2D eigenvalue weighted by atomic mass is 19.4. The lowest BCUT2D eigenvalue weighted by Crippen LogP contribution is -2.24. The molecule has 106 valence electrons. The molecule has 0 aliphatic heterocycles. The second-order valence-electron chi connectivity index (χ2n) is 3.72. The van der Waals surface area contributed by atoms with Gasteiger partial charge in [-0.25, -0.2) is 4.39 Å². The summed E-state index contributed by atoms with van der Waals surface area (Å²) in [6.45, 7) is 1.78. The fraction of sp³-hybridized carbons (Fsp3) is 0.417. The van der Waals surface area contributed by atoms with Gasteiger partial charge in [-0.15, -0.1) is 0 Å². The molecular weight excluding hydrogens is 266 g/mol. The van der Waals surface area contributed by atoms with E-state index in [-0.39, 0.29) is 25.3 Å². The van der Waals surface area contributed by atoms with Gasteiger partial charge in [0.15, 0.2) is 0 Å². The Kier molecular flexibility index (Phi) is 5.29. The molecule has 7 heteroatoms. The number of hydrogen-bond acceptors (Lipinski definition) is 3. The van der Waals surface area contributed by atoms with E-state index >= 15 is 0 Å². The van der Waals surface area contributed by atoms with Crippen molar-refractivity contribution in [2.45, 2.75) is 19.6 Å². The minimum Gasteiger partial charge on any atom is -0.465 e. The van der Waals surface area contributed by atoms with Crippen LogP contribution in [0.15, 0.2) is 18.2 Å². The number of alkyl halides is 3. The van der Waals surface area contributed by atoms with Gasteiger partial charge in [0.2, 0.25) is 0 Å². The molecule has 1 aromatic carbocycles. The Morgan fingerprint density at radius 1 is 1.37 bits per heavy atom. The molecular formula is C12H13F4NO2. The zero-order chi connectivity index (χ0) is 14.5. The summed E-state index contributed by atoms with van der Waals surface area (Å²) in [6, 6.07) is 2.69. The highest BCUT2D eigenvalue weighted by Crippen LogP contribution is 2.31. The van der Waals surface area contributed by atoms with Gasteiger partial charge in [0.25, 0.3) is 0 Å². The monoisotopic (exact) mass is 279 g/mol. The molecule has 19 heavy (non-hydrogen) atoms. The van der Waals surface area contributed by atoms with Gasteiger partial charge < -0.3 is 10.1 Å². The van der Waals surface area contributed by atoms with Crippen LogP contribution in [0.2, 0.25) is 0 Å². The summed E-state index contributed by atoms with van der Waals surface area (Å²) in [4.78, 5) is 11.0. The van der Waals surface area contributed by atoms with Crippen LogP contribution in [0.5, 0.6) is 0 Å². The topological polar surface area (TPSA) is 38.3 Å². The number of benzene rings is 1. The molecule has 0 spiro atoms. The number of ether oxygens (including phenoxy) is 1. The number of halogens is 4. The second-order valence-corrected chi connectivity index (χ2v) is 3.72. The van der Waals surface area contributed by atoms with E-state index < -0.39 is 23.5 Å². The molecule has 0 saturated heterocycles. The third-order valence-electron chi connectivity index (χ3n) is 2.24. The van der Waals surface area contributed by atoms with Gasteiger partial charge in [0.05, 0.1) is 18.7 Å². The predicted molar refractivity (Wildman–Crippen MR) is 59.7 cm³/mol. The van der Waals surface area contributed by atoms with Crippen molar-refractivity contribution in [1.82, 2.24) is 5.32 Å². The summed E-state index contributed by atoms with van der Waals surface area (Å²) < 4.78 is 55.0. The number of carbonyl (C=O) groups is 1. The lowest BCUT2D eigenvalue weighted by Gasteiger charge is -2.10. The first kappa shape index (κ1) is 15.4. The average molecular weight is 279 g/mol. The van der Waals surface area contributed by atoms with Crippen molar-refractivity contribution >= 4 is 5.97 Å². The largest absolute Gasteiger partial charge is 0.465 e. The quantitative estimate of drug-likeness (QED) is 0.665. The standard InChI is InChI=1S/C12H13F4NO2/c1-2-19-11(18)7-17-6-8-3-4-10(13)9(5-8)12(14,15)16/h3-5,17H,2,6-7H2,1H3. The fourth-order valence-electron chi connectivity index (χ4n) is 1.42. The molecule has 0 amide bonds. The van der Waals surface area contributed by atoms with Gasteiger partial charge >= 0.3 is 12.1 Å². The molecule has 0 heterocycles. The number of rotatable bonds is 5. The van der Waals surface area contributed by atoms with Crippen molar-refractivity contribution in [1.29, 1.82) is 0 Å². The van der Waals surface area contributed by atoms with E-state index in [1.807, 2.05) is 0 Å². The van der Waals surface area contributed by atoms with E-state index in [0.29, 0.717) is 6.07 Å². The highest BCUT2D eigenvalue weighted by Gasteiger charge is 2.34. The summed E-state index contributed by atoms with van der Waals surface area (Å²) in [5.74, 6) is -1.82. The van der Waals surface area contributed by atoms with E-state index in [2.05, 4.69) is 10.1 Å². The van der Waals surface area contributed by atoms with Gasteiger partial charge in [-0.05, 0) is 24.6 Å². The molecule has 1 N–H and O–H groups in total. The van der Waals surface area contributed by atoms with Crippen molar-refractivity contribution < 1.29 is 27.1 Å². The van der Waals surface area contributed by atoms with Crippen LogP contribution >= 0.6 is 0 Å². The molecule has 0 aliphatic carbocycles. The Morgan fingerprint density at radius 2 is 2.05 bits per heavy atom. The maximum Gasteiger partial charge on any atom is 0.419 e. The lowest BCUT2D eigenvalue weighted by molar-refractivity contribution is -0.142. The van der Waals surface area contributed by atoms with Crippen molar-refractivity contribution in [2.24, 2.45) is 0 Å². The molecule has 0 radical (unpaired) electrons. The first-order valence-electron chi connectivity index (χ1n) is 5.56. The molecule has 1 rings (SSSR count). The number of carbonyl (C=O) groups excluding carboxylic acids is 1. The van der Waals surface area contributed by atoms with Crippen LogP contribution in [0.3, 0.4) is 0 Å². The first-order valence-corrected chi connectivity index (χ1v) is 5.56. The third kappa shape index (κ3) is 4.86. The number of hydrogen-bond donors (Lipinski definition) is 1. The maximum atomic E-state index is 13.0. The van der Waals surface area contributed by atoms with Crippen molar-refractivity contribution in [3.8, 4) is 0 Å². The minimum atomic E-state index is -4.73. The van der Waals surface area contributed by atoms with E-state index in [1.54, 1.807) is 6.92 Å². The molecule has 1 aromatic rings. The van der Waals surface area contributed by atoms with E-state index in [0.717, 1.165) is 6.07 Å². The summed E-state index contributed by atoms with van der Waals surface area (Å²) >= 11 is 0. The average Bonchev–Trinajstić information content (AvgIpc) is 2.30. The summed E-state index contributed by atoms with van der Waals surface area (Å²) in [5.41, 5.74) is -1.08. The van der Waals surface area contributed by atoms with Crippen molar-refractivity contribution in [3.63, 3.8) is 0 Å². The maximum absolute atomic E-state index is 13.0. The van der Waals surface area contributed by atoms with Crippen molar-refractivity contribution in [3.05, 3.63) is 35.1 Å². The van der Waals surface area contributed by atoms with Crippen LogP contribution in [-0.4, -0.2) is 19.1 Å². The van der Waals surface area contributed by atoms with Crippen LogP contribution < -0.4 is 5.32 Å². The molecule has 0 unspecified atom stereocenters. The van der Waals surface area contributed by atoms with Crippen LogP contribution in [0, 0.1) is 5.82 Å². The van der Waals surface area contributed by atoms with Gasteiger partial charge in [0, 0.05) is 6.54 Å². The lowest BCUT2D eigenvalue weighted by atomic mass is 10.1. The minimum absolute atomic E-state index is 0.0160. The summed E-state index contributed by atoms with van der Waals surface area (Å²) in [6.07, 6.45) is -4.73. The Labute approximate surface area is 107 Å². The molecule has 0 bridgehead atoms. The number of esters is 1. The Balaban J connectivity index is 2.63. The van der Waals surface area contributed by atoms with Gasteiger partial charge in [-0.1, -0.05) is 6.07 Å². The predicted octanol–water partition coefficient (Wildman–Crippen LogP) is 2.50. The molecule has 0 saturated carbocycles. The van der Waals surface area contributed by atoms with E-state index in [9.17, 15) is 22.4 Å². The van der Waals surface area contributed by atoms with Crippen LogP contribution in [-0.2, 0) is 22.3 Å². The summed E-state index contributed by atoms with van der Waals surface area (Å²) in [7, 11) is 0. The molecule has 3 nitrogen and oxygen atoms in total. The van der Waals surface area contributed by atoms with E-state index in [4.69, 9.17) is 0 Å². The van der Waals surface area contributed by atoms with E-state index in [1.165, 1.54) is 6.07 Å². The summed E-state index contributed by atoms with van der Waals surface area (Å²) in [5, 5.41) is 2.62. The van der Waals surface area contributed by atoms with Crippen LogP contribution in [0.4, 0.5) is 17.6 Å². The van der Waals surface area contributed by atoms with Gasteiger partial charge in [0.1, 0.15) is 5.82 Å². The normalized spacial score (nSPS) is 11.4. The smallest absolute Gasteiger partial charge is 0.419 e. The molecule has 0 aliphatic rings. The Bertz CT molecular complexity index is 446. The third-order valence-corrected chi connectivity index (χ3v) is 2.24. The Hall–Kier alpha value is -1.63. The van der Waals surface area contributed by atoms with Crippen LogP contribution in [0.1, 0.15) is 18.1 Å². The molecule has 0 fully saturated rings. The zero-order valence-electron chi connectivity index (χ0n) is 10.2. The Morgan fingerprint density at radius 3 is 2.63 bits per heavy atom. The fourth-order valence-corrected chi connectivity index (χ4v) is 1.42. The highest BCUT2D eigenvalue weighted by molar-refractivity contribution is 5.71. The number of nitrogens with one attached hydrogen (secondary N) is 1. The van der Waals surface area contributed by atoms with Gasteiger partial charge in [-0.3, -0.25) is 4.79 Å². The molecule has 0 aromatic heterocycles. The van der Waals surface area contributed by atoms with Crippen molar-refractivity contribution in [2.75, 3.05) is 13.2 Å².